The molecule has 4 heavy (non-hydrogen) atoms. The van der Waals surface area contributed by atoms with E-state index in [2.05, 4.69) is 0 Å². The van der Waals surface area contributed by atoms with Gasteiger partial charge in [0, 0.05) is 55.3 Å². The molecule has 0 spiro atoms. The van der Waals surface area contributed by atoms with Gasteiger partial charge in [-0.1, -0.05) is 0 Å². The molecule has 0 bridgehead atoms. The van der Waals surface area contributed by atoms with Crippen LogP contribution in [0.15, 0.2) is 0 Å². The molecule has 0 atom stereocenters. The molecule has 20 valence electrons. The Hall–Kier alpha value is 2.64. The quantitative estimate of drug-likeness (QED) is 0.420. The van der Waals surface area contributed by atoms with Crippen molar-refractivity contribution in [1.82, 2.24) is 0 Å². The second kappa shape index (κ2) is 17.4. The fourth-order valence-electron chi connectivity index (χ4n) is 0. The molecule has 0 aromatic carbocycles. The van der Waals surface area contributed by atoms with Gasteiger partial charge in [-0.3, -0.25) is 0 Å². The summed E-state index contributed by atoms with van der Waals surface area (Å²) in [7, 11) is 0. The summed E-state index contributed by atoms with van der Waals surface area (Å²) in [5, 5.41) is 0. The summed E-state index contributed by atoms with van der Waals surface area (Å²) in [6.45, 7) is 0. The third kappa shape index (κ3) is 8.82. The van der Waals surface area contributed by atoms with E-state index in [4.69, 9.17) is 0 Å². The van der Waals surface area contributed by atoms with Gasteiger partial charge in [0.05, 0.1) is 0 Å². The van der Waals surface area contributed by atoms with Crippen molar-refractivity contribution in [3.8, 4) is 0 Å². The van der Waals surface area contributed by atoms with Crippen molar-refractivity contribution in [2.24, 2.45) is 0 Å². The molecule has 0 saturated carbocycles. The Bertz CT molecular complexity index is 6.00. The van der Waals surface area contributed by atoms with Crippen LogP contribution in [-0.4, -0.2) is 0 Å². The monoisotopic (exact) mass is 520 g/mol. The molecule has 4 heteroatoms. The smallest absolute Gasteiger partial charge is 0 e. The fraction of sp³-hybridized carbons (Fsp3) is 0. The molecule has 0 heterocycles. The van der Waals surface area contributed by atoms with Crippen molar-refractivity contribution in [3.63, 3.8) is 0 Å². The summed E-state index contributed by atoms with van der Waals surface area (Å²) in [6.07, 6.45) is 0. The zero-order chi connectivity index (χ0) is 0. The van der Waals surface area contributed by atoms with Crippen LogP contribution in [0, 0.1) is 0 Å². The van der Waals surface area contributed by atoms with Crippen molar-refractivity contribution in [2.45, 2.75) is 0 Å². The van der Waals surface area contributed by atoms with E-state index in [-0.39, 0.29) is 84.7 Å². The normalized spacial score (nSPS) is 0. The maximum absolute atomic E-state index is 0. The maximum atomic E-state index is 0. The van der Waals surface area contributed by atoms with E-state index in [0.717, 1.165) is 0 Å². The number of rotatable bonds is 0. The predicted octanol–water partition coefficient (Wildman–Crippen LogP) is 0.995. The van der Waals surface area contributed by atoms with Crippen molar-refractivity contribution < 1.29 is 55.3 Å². The molecule has 0 saturated heterocycles. The Morgan fingerprint density at radius 3 is 0.750 bits per heavy atom. The minimum atomic E-state index is 0. The molecule has 0 aromatic heterocycles. The first-order valence-electron chi connectivity index (χ1n) is 0. The van der Waals surface area contributed by atoms with Crippen molar-refractivity contribution in [2.75, 3.05) is 0 Å². The summed E-state index contributed by atoms with van der Waals surface area (Å²) in [5.41, 5.74) is 0. The molecular weight excluding hydrogens is 517 g/mol. The third-order valence-corrected chi connectivity index (χ3v) is 0. The van der Waals surface area contributed by atoms with Crippen molar-refractivity contribution >= 4 is 29.4 Å². The molecule has 0 radical (unpaired) electrons. The molecule has 0 aliphatic heterocycles. The molecule has 0 aliphatic carbocycles. The molecule has 0 aliphatic rings. The van der Waals surface area contributed by atoms with E-state index in [0.29, 0.717) is 0 Å². The fourth-order valence-corrected chi connectivity index (χ4v) is 0. The molecule has 0 nitrogen and oxygen atoms in total. The van der Waals surface area contributed by atoms with Gasteiger partial charge in [-0.25, -0.2) is 0 Å². The molecule has 0 unspecified atom stereocenters. The third-order valence-electron chi connectivity index (χ3n) is 0. The summed E-state index contributed by atoms with van der Waals surface area (Å²) in [4.78, 5) is 0. The molecule has 0 rings (SSSR count). The summed E-state index contributed by atoms with van der Waals surface area (Å²) >= 11 is 0. The van der Waals surface area contributed by atoms with Gasteiger partial charge in [-0.05, 0) is 0 Å². The summed E-state index contributed by atoms with van der Waals surface area (Å²) < 4.78 is 0. The standard InChI is InChI=1S/BrH.ClH.2Hg/h2*1H;;. The van der Waals surface area contributed by atoms with Crippen LogP contribution in [0.2, 0.25) is 0 Å². The van der Waals surface area contributed by atoms with E-state index in [9.17, 15) is 0 Å². The van der Waals surface area contributed by atoms with Gasteiger partial charge < -0.3 is 0 Å². The van der Waals surface area contributed by atoms with Gasteiger partial charge in [-0.2, -0.15) is 0 Å². The van der Waals surface area contributed by atoms with Crippen molar-refractivity contribution in [1.29, 1.82) is 0 Å². The SMILES string of the molecule is Br.Cl.[Hg].[Hg]. The zero-order valence-electron chi connectivity index (χ0n) is 2.23. The van der Waals surface area contributed by atoms with Crippen LogP contribution in [-0.2, 0) is 55.3 Å². The van der Waals surface area contributed by atoms with Crippen LogP contribution >= 0.6 is 29.4 Å². The second-order valence-electron chi connectivity index (χ2n) is 0. The van der Waals surface area contributed by atoms with E-state index in [1.165, 1.54) is 0 Å². The van der Waals surface area contributed by atoms with Crippen LogP contribution in [0.4, 0.5) is 0 Å². The maximum Gasteiger partial charge on any atom is 0 e. The summed E-state index contributed by atoms with van der Waals surface area (Å²) in [5.74, 6) is 0. The van der Waals surface area contributed by atoms with Crippen LogP contribution in [0.1, 0.15) is 0 Å². The summed E-state index contributed by atoms with van der Waals surface area (Å²) in [6, 6.07) is 0. The first-order valence-corrected chi connectivity index (χ1v) is 0. The van der Waals surface area contributed by atoms with Crippen LogP contribution in [0.3, 0.4) is 0 Å². The average molecular weight is 519 g/mol. The minimum Gasteiger partial charge on any atom is -0.147 e. The Kier molecular flexibility index (Phi) is 132. The Labute approximate surface area is 83.3 Å². The molecular formula is H2BrClHg2. The Morgan fingerprint density at radius 1 is 0.750 bits per heavy atom. The van der Waals surface area contributed by atoms with E-state index in [1.54, 1.807) is 0 Å². The Balaban J connectivity index is 0. The zero-order valence-corrected chi connectivity index (χ0v) is 15.8. The largest absolute Gasteiger partial charge is 0.147 e. The number of halogens is 2. The topological polar surface area (TPSA) is 0 Å². The first kappa shape index (κ1) is 30.3. The van der Waals surface area contributed by atoms with Gasteiger partial charge >= 0.3 is 0 Å². The van der Waals surface area contributed by atoms with Gasteiger partial charge in [-0.15, -0.1) is 29.4 Å². The van der Waals surface area contributed by atoms with Gasteiger partial charge in [0.15, 0.2) is 0 Å². The first-order chi connectivity index (χ1) is 0. The molecule has 0 aromatic rings. The van der Waals surface area contributed by atoms with Crippen molar-refractivity contribution in [3.05, 3.63) is 0 Å². The van der Waals surface area contributed by atoms with Gasteiger partial charge in [0.25, 0.3) is 0 Å². The van der Waals surface area contributed by atoms with Crippen LogP contribution in [0.5, 0.6) is 0 Å². The molecule has 0 fully saturated rings. The number of hydrogen-bond acceptors (Lipinski definition) is 0. The molecule has 0 N–H and O–H groups in total. The molecule has 0 amide bonds. The van der Waals surface area contributed by atoms with Crippen LogP contribution < -0.4 is 0 Å². The Morgan fingerprint density at radius 2 is 0.750 bits per heavy atom. The van der Waals surface area contributed by atoms with Gasteiger partial charge in [0.2, 0.25) is 0 Å². The predicted molar refractivity (Wildman–Crippen MR) is 17.6 cm³/mol. The van der Waals surface area contributed by atoms with E-state index < -0.39 is 0 Å². The van der Waals surface area contributed by atoms with E-state index >= 15 is 0 Å². The van der Waals surface area contributed by atoms with Crippen LogP contribution in [0.25, 0.3) is 0 Å². The number of hydrogen-bond donors (Lipinski definition) is 0. The second-order valence-corrected chi connectivity index (χ2v) is 0. The average Bonchev–Trinajstić information content (AvgIpc) is 0. The van der Waals surface area contributed by atoms with Gasteiger partial charge in [0.1, 0.15) is 0 Å². The minimum absolute atomic E-state index is 0. The van der Waals surface area contributed by atoms with E-state index in [1.807, 2.05) is 0 Å².